The second-order valence-corrected chi connectivity index (χ2v) is 8.24. The van der Waals surface area contributed by atoms with Crippen molar-refractivity contribution in [2.24, 2.45) is 0 Å². The van der Waals surface area contributed by atoms with Gasteiger partial charge < -0.3 is 5.32 Å². The Morgan fingerprint density at radius 3 is 3.07 bits per heavy atom. The summed E-state index contributed by atoms with van der Waals surface area (Å²) in [6.45, 7) is 3.80. The highest BCUT2D eigenvalue weighted by Gasteiger charge is 2.23. The van der Waals surface area contributed by atoms with Crippen molar-refractivity contribution in [3.05, 3.63) is 58.3 Å². The first kappa shape index (κ1) is 19.4. The number of nitrogens with zero attached hydrogens (tertiary/aromatic N) is 4. The molecule has 3 aromatic rings. The minimum absolute atomic E-state index is 0.0748. The Morgan fingerprint density at radius 1 is 1.45 bits per heavy atom. The van der Waals surface area contributed by atoms with Crippen molar-refractivity contribution in [3.63, 3.8) is 0 Å². The van der Waals surface area contributed by atoms with Crippen LogP contribution in [0.15, 0.2) is 29.3 Å². The van der Waals surface area contributed by atoms with Gasteiger partial charge in [-0.1, -0.05) is 0 Å². The molecule has 1 aliphatic heterocycles. The van der Waals surface area contributed by atoms with Gasteiger partial charge in [0.2, 0.25) is 5.91 Å². The zero-order valence-electron chi connectivity index (χ0n) is 16.2. The number of nitriles is 1. The molecule has 1 N–H and O–H groups in total. The van der Waals surface area contributed by atoms with Crippen LogP contribution < -0.4 is 5.32 Å². The number of thioether (sulfide) groups is 1. The van der Waals surface area contributed by atoms with Crippen molar-refractivity contribution in [1.82, 2.24) is 19.9 Å². The third-order valence-electron chi connectivity index (χ3n) is 5.28. The van der Waals surface area contributed by atoms with Crippen molar-refractivity contribution in [2.75, 3.05) is 5.75 Å². The topological polar surface area (TPSA) is 83.1 Å². The predicted octanol–water partition coefficient (Wildman–Crippen LogP) is 3.64. The van der Waals surface area contributed by atoms with Crippen LogP contribution in [0.2, 0.25) is 0 Å². The van der Waals surface area contributed by atoms with Crippen molar-refractivity contribution in [1.29, 1.82) is 5.26 Å². The lowest BCUT2D eigenvalue weighted by Crippen LogP contribution is -2.31. The van der Waals surface area contributed by atoms with Crippen molar-refractivity contribution in [2.45, 2.75) is 44.0 Å². The Kier molecular flexibility index (Phi) is 5.24. The predicted molar refractivity (Wildman–Crippen MR) is 108 cm³/mol. The Bertz CT molecular complexity index is 1150. The smallest absolute Gasteiger partial charge is 0.220 e. The summed E-state index contributed by atoms with van der Waals surface area (Å²) in [4.78, 5) is 18.1. The van der Waals surface area contributed by atoms with E-state index in [1.165, 1.54) is 18.3 Å². The molecule has 0 unspecified atom stereocenters. The molecule has 0 bridgehead atoms. The highest BCUT2D eigenvalue weighted by Crippen LogP contribution is 2.36. The van der Waals surface area contributed by atoms with E-state index in [0.717, 1.165) is 39.6 Å². The first-order chi connectivity index (χ1) is 14.0. The summed E-state index contributed by atoms with van der Waals surface area (Å²) < 4.78 is 15.3. The number of amides is 1. The number of rotatable bonds is 4. The molecule has 0 saturated heterocycles. The van der Waals surface area contributed by atoms with Gasteiger partial charge in [0.15, 0.2) is 5.65 Å². The normalized spacial score (nSPS) is 15.7. The summed E-state index contributed by atoms with van der Waals surface area (Å²) in [5.74, 6) is 0.532. The van der Waals surface area contributed by atoms with Crippen molar-refractivity contribution in [3.8, 4) is 6.07 Å². The van der Waals surface area contributed by atoms with Crippen molar-refractivity contribution >= 4 is 23.3 Å². The largest absolute Gasteiger partial charge is 0.349 e. The van der Waals surface area contributed by atoms with Gasteiger partial charge in [-0.15, -0.1) is 11.8 Å². The molecule has 2 aromatic heterocycles. The molecule has 6 nitrogen and oxygen atoms in total. The average molecular weight is 409 g/mol. The summed E-state index contributed by atoms with van der Waals surface area (Å²) in [7, 11) is 0. The van der Waals surface area contributed by atoms with E-state index in [-0.39, 0.29) is 17.8 Å². The molecular weight excluding hydrogens is 389 g/mol. The third kappa shape index (κ3) is 3.70. The average Bonchev–Trinajstić information content (AvgIpc) is 3.11. The van der Waals surface area contributed by atoms with Crippen LogP contribution in [-0.2, 0) is 11.2 Å². The lowest BCUT2D eigenvalue weighted by atomic mass is 10.0. The first-order valence-electron chi connectivity index (χ1n) is 9.43. The Labute approximate surface area is 172 Å². The highest BCUT2D eigenvalue weighted by molar-refractivity contribution is 7.99. The van der Waals surface area contributed by atoms with E-state index < -0.39 is 0 Å². The number of aromatic nitrogens is 3. The van der Waals surface area contributed by atoms with Crippen LogP contribution >= 0.6 is 11.8 Å². The molecule has 0 spiro atoms. The number of aryl methyl sites for hydroxylation is 2. The molecule has 1 aromatic carbocycles. The molecule has 1 aliphatic rings. The van der Waals surface area contributed by atoms with Gasteiger partial charge in [-0.25, -0.2) is 13.9 Å². The van der Waals surface area contributed by atoms with Crippen LogP contribution in [0.3, 0.4) is 0 Å². The monoisotopic (exact) mass is 409 g/mol. The molecule has 8 heteroatoms. The summed E-state index contributed by atoms with van der Waals surface area (Å²) in [6, 6.07) is 6.68. The van der Waals surface area contributed by atoms with Crippen LogP contribution in [0.4, 0.5) is 4.39 Å². The molecule has 0 radical (unpaired) electrons. The Balaban J connectivity index is 1.49. The van der Waals surface area contributed by atoms with E-state index in [0.29, 0.717) is 24.1 Å². The van der Waals surface area contributed by atoms with Gasteiger partial charge >= 0.3 is 0 Å². The Morgan fingerprint density at radius 2 is 2.28 bits per heavy atom. The number of hydrogen-bond acceptors (Lipinski definition) is 5. The fraction of sp³-hybridized carbons (Fsp3) is 0.333. The van der Waals surface area contributed by atoms with Gasteiger partial charge in [-0.3, -0.25) is 4.79 Å². The molecule has 1 amide bonds. The number of halogens is 1. The minimum atomic E-state index is -0.285. The lowest BCUT2D eigenvalue weighted by Gasteiger charge is -2.26. The maximum atomic E-state index is 13.7. The van der Waals surface area contributed by atoms with Gasteiger partial charge in [0.1, 0.15) is 17.4 Å². The number of nitrogens with one attached hydrogen (secondary N) is 1. The van der Waals surface area contributed by atoms with Crippen LogP contribution in [0.5, 0.6) is 0 Å². The maximum absolute atomic E-state index is 13.7. The van der Waals surface area contributed by atoms with Crippen LogP contribution in [0.1, 0.15) is 47.0 Å². The van der Waals surface area contributed by atoms with E-state index >= 15 is 0 Å². The van der Waals surface area contributed by atoms with E-state index in [2.05, 4.69) is 21.5 Å². The molecule has 0 aliphatic carbocycles. The number of fused-ring (bicyclic) bond motifs is 2. The standard InChI is InChI=1S/C21H20FN5OS/c1-12-16(13(2)27-21(25-12)14(10-23)11-24-27)4-6-20(28)26-18-7-8-29-19-5-3-15(22)9-17(18)19/h3,5,9,11,18H,4,6-8H2,1-2H3,(H,26,28)/t18-/m0/s1. The van der Waals surface area contributed by atoms with E-state index in [4.69, 9.17) is 0 Å². The zero-order valence-corrected chi connectivity index (χ0v) is 17.0. The minimum Gasteiger partial charge on any atom is -0.349 e. The molecule has 3 heterocycles. The van der Waals surface area contributed by atoms with Gasteiger partial charge in [0.25, 0.3) is 0 Å². The number of carbonyl (C=O) groups excluding carboxylic acids is 1. The molecule has 29 heavy (non-hydrogen) atoms. The number of carbonyl (C=O) groups is 1. The van der Waals surface area contributed by atoms with Gasteiger partial charge in [0, 0.05) is 28.5 Å². The van der Waals surface area contributed by atoms with Crippen LogP contribution in [-0.4, -0.2) is 26.3 Å². The highest BCUT2D eigenvalue weighted by atomic mass is 32.2. The van der Waals surface area contributed by atoms with Gasteiger partial charge in [-0.05, 0) is 56.0 Å². The summed E-state index contributed by atoms with van der Waals surface area (Å²) >= 11 is 1.69. The van der Waals surface area contributed by atoms with E-state index in [1.807, 2.05) is 13.8 Å². The van der Waals surface area contributed by atoms with E-state index in [1.54, 1.807) is 22.3 Å². The van der Waals surface area contributed by atoms with Gasteiger partial charge in [0.05, 0.1) is 12.2 Å². The Hall–Kier alpha value is -2.92. The fourth-order valence-electron chi connectivity index (χ4n) is 3.77. The summed E-state index contributed by atoms with van der Waals surface area (Å²) in [5.41, 5.74) is 4.44. The van der Waals surface area contributed by atoms with Gasteiger partial charge in [-0.2, -0.15) is 10.4 Å². The third-order valence-corrected chi connectivity index (χ3v) is 6.40. The molecule has 0 fully saturated rings. The second-order valence-electron chi connectivity index (χ2n) is 7.11. The summed E-state index contributed by atoms with van der Waals surface area (Å²) in [5, 5.41) is 16.5. The van der Waals surface area contributed by atoms with Crippen LogP contribution in [0, 0.1) is 31.0 Å². The molecule has 4 rings (SSSR count). The summed E-state index contributed by atoms with van der Waals surface area (Å²) in [6.07, 6.45) is 3.10. The SMILES string of the molecule is Cc1nc2c(C#N)cnn2c(C)c1CCC(=O)N[C@H]1CCSc2ccc(F)cc21. The second kappa shape index (κ2) is 7.84. The number of benzene rings is 1. The fourth-order valence-corrected chi connectivity index (χ4v) is 4.88. The van der Waals surface area contributed by atoms with Crippen molar-refractivity contribution < 1.29 is 9.18 Å². The molecule has 1 atom stereocenters. The maximum Gasteiger partial charge on any atom is 0.220 e. The number of hydrogen-bond donors (Lipinski definition) is 1. The molecular formula is C21H20FN5OS. The quantitative estimate of drug-likeness (QED) is 0.711. The van der Waals surface area contributed by atoms with Crippen LogP contribution in [0.25, 0.3) is 5.65 Å². The molecule has 0 saturated carbocycles. The lowest BCUT2D eigenvalue weighted by molar-refractivity contribution is -0.121. The zero-order chi connectivity index (χ0) is 20.5. The first-order valence-corrected chi connectivity index (χ1v) is 10.4. The van der Waals surface area contributed by atoms with E-state index in [9.17, 15) is 14.4 Å². The molecule has 148 valence electrons.